The van der Waals surface area contributed by atoms with E-state index in [1.54, 1.807) is 12.2 Å². The molecule has 2 heterocycles. The van der Waals surface area contributed by atoms with Gasteiger partial charge in [-0.25, -0.2) is 4.79 Å². The number of allylic oxidation sites excluding steroid dienone is 1. The molecule has 6 aliphatic rings. The number of fused-ring (bicyclic) bond motifs is 4. The Kier molecular flexibility index (Phi) is 4.55. The number of cyclic esters (lactones) is 1. The number of carbonyl (C=O) groups excluding carboxylic acids is 2. The molecule has 1 saturated heterocycles. The van der Waals surface area contributed by atoms with Crippen molar-refractivity contribution in [3.05, 3.63) is 23.3 Å². The number of rotatable bonds is 2. The number of epoxide rings is 1. The van der Waals surface area contributed by atoms with Gasteiger partial charge in [0.1, 0.15) is 17.8 Å². The largest absolute Gasteiger partial charge is 0.458 e. The Hall–Kier alpha value is -1.46. The Morgan fingerprint density at radius 2 is 1.88 bits per heavy atom. The van der Waals surface area contributed by atoms with E-state index in [-0.39, 0.29) is 35.3 Å². The molecule has 0 aromatic rings. The molecule has 0 aromatic heterocycles. The van der Waals surface area contributed by atoms with Gasteiger partial charge in [0, 0.05) is 12.0 Å². The maximum atomic E-state index is 13.3. The molecule has 11 atom stereocenters. The van der Waals surface area contributed by atoms with E-state index in [1.807, 2.05) is 6.92 Å². The number of hydrogen-bond acceptors (Lipinski definition) is 5. The highest BCUT2D eigenvalue weighted by Gasteiger charge is 2.80. The van der Waals surface area contributed by atoms with Crippen molar-refractivity contribution >= 4 is 11.8 Å². The van der Waals surface area contributed by atoms with Crippen LogP contribution in [0.5, 0.6) is 0 Å². The van der Waals surface area contributed by atoms with Crippen LogP contribution in [0.4, 0.5) is 0 Å². The second-order valence-electron chi connectivity index (χ2n) is 12.5. The Morgan fingerprint density at radius 1 is 1.12 bits per heavy atom. The summed E-state index contributed by atoms with van der Waals surface area (Å²) in [4.78, 5) is 25.7. The Morgan fingerprint density at radius 3 is 2.61 bits per heavy atom. The smallest absolute Gasteiger partial charge is 0.333 e. The Labute approximate surface area is 197 Å². The van der Waals surface area contributed by atoms with Crippen molar-refractivity contribution in [1.82, 2.24) is 0 Å². The minimum Gasteiger partial charge on any atom is -0.458 e. The lowest BCUT2D eigenvalue weighted by atomic mass is 9.44. The molecule has 0 unspecified atom stereocenters. The predicted octanol–water partition coefficient (Wildman–Crippen LogP) is 4.38. The van der Waals surface area contributed by atoms with Gasteiger partial charge in [-0.2, -0.15) is 0 Å². The van der Waals surface area contributed by atoms with Crippen molar-refractivity contribution in [3.8, 4) is 0 Å². The van der Waals surface area contributed by atoms with Crippen molar-refractivity contribution in [2.45, 2.75) is 97.1 Å². The lowest BCUT2D eigenvalue weighted by molar-refractivity contribution is -0.155. The standard InChI is InChI=1S/C28H38O5/c1-14-12-21(32-25(31)15(14)2)16(3)18-6-7-19-17-13-24-28(33-24)23(30)9-8-22(29)27(28,5)20(17)10-11-26(18,19)4/h8-9,16-21,23-24,30H,6-7,10-13H2,1-5H3/t16-,17-,18+,19-,20-,21-,23-,24+,26+,27-,28-/m0/s1. The molecule has 6 rings (SSSR count). The molecule has 4 fully saturated rings. The summed E-state index contributed by atoms with van der Waals surface area (Å²) >= 11 is 0. The molecule has 1 spiro atoms. The lowest BCUT2D eigenvalue weighted by Gasteiger charge is -2.58. The van der Waals surface area contributed by atoms with E-state index in [4.69, 9.17) is 9.47 Å². The fraction of sp³-hybridized carbons (Fsp3) is 0.786. The lowest BCUT2D eigenvalue weighted by Crippen LogP contribution is -2.63. The van der Waals surface area contributed by atoms with E-state index in [9.17, 15) is 14.7 Å². The third kappa shape index (κ3) is 2.56. The number of carbonyl (C=O) groups is 2. The quantitative estimate of drug-likeness (QED) is 0.495. The van der Waals surface area contributed by atoms with Crippen LogP contribution < -0.4 is 0 Å². The van der Waals surface area contributed by atoms with Crippen LogP contribution in [0, 0.1) is 40.4 Å². The fourth-order valence-corrected chi connectivity index (χ4v) is 9.54. The minimum absolute atomic E-state index is 0.0125. The Balaban J connectivity index is 1.28. The maximum absolute atomic E-state index is 13.3. The molecule has 2 aliphatic heterocycles. The molecule has 0 aromatic carbocycles. The number of ketones is 1. The zero-order valence-corrected chi connectivity index (χ0v) is 20.6. The first-order valence-corrected chi connectivity index (χ1v) is 13.0. The molecule has 4 aliphatic carbocycles. The predicted molar refractivity (Wildman–Crippen MR) is 123 cm³/mol. The molecule has 33 heavy (non-hydrogen) atoms. The molecular weight excluding hydrogens is 416 g/mol. The highest BCUT2D eigenvalue weighted by molar-refractivity contribution is 5.98. The van der Waals surface area contributed by atoms with Crippen molar-refractivity contribution in [2.75, 3.05) is 0 Å². The number of aliphatic hydroxyl groups is 1. The van der Waals surface area contributed by atoms with Gasteiger partial charge in [0.2, 0.25) is 0 Å². The molecule has 0 amide bonds. The van der Waals surface area contributed by atoms with E-state index >= 15 is 0 Å². The third-order valence-electron chi connectivity index (χ3n) is 11.6. The molecule has 3 saturated carbocycles. The van der Waals surface area contributed by atoms with Gasteiger partial charge in [-0.3, -0.25) is 4.79 Å². The first-order chi connectivity index (χ1) is 15.6. The fourth-order valence-electron chi connectivity index (χ4n) is 9.54. The SMILES string of the molecule is CC1=C(C)C(=O)O[C@H]([C@@H](C)[C@H]2CC[C@H]3[C@@H]4C[C@H]5O[C@@]56[C@@H](O)C=CC(=O)[C@]6(C)[C@H]4CC[C@]23C)C1. The average Bonchev–Trinajstić information content (AvgIpc) is 3.41. The summed E-state index contributed by atoms with van der Waals surface area (Å²) in [5, 5.41) is 10.8. The summed E-state index contributed by atoms with van der Waals surface area (Å²) in [6, 6.07) is 0. The number of esters is 1. The van der Waals surface area contributed by atoms with Crippen molar-refractivity contribution in [3.63, 3.8) is 0 Å². The van der Waals surface area contributed by atoms with E-state index in [1.165, 1.54) is 6.42 Å². The van der Waals surface area contributed by atoms with Gasteiger partial charge in [0.15, 0.2) is 5.78 Å². The van der Waals surface area contributed by atoms with Crippen LogP contribution in [-0.4, -0.2) is 40.8 Å². The van der Waals surface area contributed by atoms with Gasteiger partial charge in [0.25, 0.3) is 0 Å². The molecule has 0 radical (unpaired) electrons. The van der Waals surface area contributed by atoms with Gasteiger partial charge in [0.05, 0.1) is 11.5 Å². The van der Waals surface area contributed by atoms with Gasteiger partial charge in [-0.1, -0.05) is 19.4 Å². The van der Waals surface area contributed by atoms with Gasteiger partial charge in [-0.15, -0.1) is 0 Å². The number of ether oxygens (including phenoxy) is 2. The average molecular weight is 455 g/mol. The monoisotopic (exact) mass is 454 g/mol. The van der Waals surface area contributed by atoms with Crippen LogP contribution in [-0.2, 0) is 19.1 Å². The Bertz CT molecular complexity index is 981. The summed E-state index contributed by atoms with van der Waals surface area (Å²) in [5.74, 6) is 2.09. The van der Waals surface area contributed by atoms with Crippen LogP contribution in [0.1, 0.15) is 73.1 Å². The molecule has 0 bridgehead atoms. The van der Waals surface area contributed by atoms with Crippen LogP contribution in [0.25, 0.3) is 0 Å². The first-order valence-electron chi connectivity index (χ1n) is 13.0. The highest BCUT2D eigenvalue weighted by Crippen LogP contribution is 2.73. The summed E-state index contributed by atoms with van der Waals surface area (Å²) < 4.78 is 12.2. The molecule has 5 nitrogen and oxygen atoms in total. The van der Waals surface area contributed by atoms with Crippen LogP contribution in [0.2, 0.25) is 0 Å². The van der Waals surface area contributed by atoms with Crippen molar-refractivity contribution in [1.29, 1.82) is 0 Å². The van der Waals surface area contributed by atoms with Crippen LogP contribution in [0.15, 0.2) is 23.3 Å². The number of hydrogen-bond donors (Lipinski definition) is 1. The zero-order chi connectivity index (χ0) is 23.5. The van der Waals surface area contributed by atoms with E-state index in [0.29, 0.717) is 23.7 Å². The van der Waals surface area contributed by atoms with E-state index in [0.717, 1.165) is 43.3 Å². The summed E-state index contributed by atoms with van der Waals surface area (Å²) in [6.45, 7) is 10.8. The molecule has 5 heteroatoms. The molecule has 180 valence electrons. The highest BCUT2D eigenvalue weighted by atomic mass is 16.6. The second kappa shape index (κ2) is 6.81. The van der Waals surface area contributed by atoms with Crippen LogP contribution in [0.3, 0.4) is 0 Å². The zero-order valence-electron chi connectivity index (χ0n) is 20.6. The summed E-state index contributed by atoms with van der Waals surface area (Å²) in [6.07, 6.45) is 8.75. The summed E-state index contributed by atoms with van der Waals surface area (Å²) in [5.41, 5.74) is 0.798. The van der Waals surface area contributed by atoms with Crippen molar-refractivity contribution < 1.29 is 24.2 Å². The van der Waals surface area contributed by atoms with Gasteiger partial charge >= 0.3 is 5.97 Å². The maximum Gasteiger partial charge on any atom is 0.333 e. The molecular formula is C28H38O5. The third-order valence-corrected chi connectivity index (χ3v) is 11.6. The second-order valence-corrected chi connectivity index (χ2v) is 12.5. The van der Waals surface area contributed by atoms with Crippen molar-refractivity contribution in [2.24, 2.45) is 40.4 Å². The minimum atomic E-state index is -0.697. The molecule has 1 N–H and O–H groups in total. The normalized spacial score (nSPS) is 53.6. The first kappa shape index (κ1) is 22.0. The van der Waals surface area contributed by atoms with E-state index < -0.39 is 17.1 Å². The number of aliphatic hydroxyl groups excluding tert-OH is 1. The van der Waals surface area contributed by atoms with Crippen LogP contribution >= 0.6 is 0 Å². The summed E-state index contributed by atoms with van der Waals surface area (Å²) in [7, 11) is 0. The van der Waals surface area contributed by atoms with E-state index in [2.05, 4.69) is 27.7 Å². The topological polar surface area (TPSA) is 76.1 Å². The van der Waals surface area contributed by atoms with Gasteiger partial charge < -0.3 is 14.6 Å². The van der Waals surface area contributed by atoms with Gasteiger partial charge in [-0.05, 0) is 100 Å².